The molecule has 0 bridgehead atoms. The topological polar surface area (TPSA) is 91.0 Å². The average molecular weight is 357 g/mol. The van der Waals surface area contributed by atoms with Crippen molar-refractivity contribution in [3.63, 3.8) is 0 Å². The summed E-state index contributed by atoms with van der Waals surface area (Å²) < 4.78 is 0. The van der Waals surface area contributed by atoms with E-state index in [1.165, 1.54) is 18.3 Å². The molecule has 3 rings (SSSR count). The van der Waals surface area contributed by atoms with Gasteiger partial charge in [-0.1, -0.05) is 19.1 Å². The second-order valence-electron chi connectivity index (χ2n) is 5.66. The number of aromatic amines is 1. The van der Waals surface area contributed by atoms with Crippen LogP contribution in [0.15, 0.2) is 34.4 Å². The summed E-state index contributed by atoms with van der Waals surface area (Å²) in [7, 11) is 0. The number of benzene rings is 1. The normalized spacial score (nSPS) is 11.2. The molecular weight excluding hydrogens is 338 g/mol. The van der Waals surface area contributed by atoms with E-state index in [1.807, 2.05) is 30.5 Å². The molecule has 25 heavy (non-hydrogen) atoms. The molecule has 7 nitrogen and oxygen atoms in total. The molecule has 8 heteroatoms. The van der Waals surface area contributed by atoms with Gasteiger partial charge < -0.3 is 10.3 Å². The number of anilines is 1. The van der Waals surface area contributed by atoms with Crippen LogP contribution >= 0.6 is 11.3 Å². The number of nitrogens with one attached hydrogen (secondary N) is 2. The van der Waals surface area contributed by atoms with E-state index in [1.54, 1.807) is 6.07 Å². The van der Waals surface area contributed by atoms with E-state index in [0.717, 1.165) is 12.2 Å². The predicted molar refractivity (Wildman–Crippen MR) is 98.6 cm³/mol. The highest BCUT2D eigenvalue weighted by atomic mass is 32.1. The molecular formula is C17H19N5O2S. The highest BCUT2D eigenvalue weighted by Gasteiger charge is 2.11. The van der Waals surface area contributed by atoms with Crippen LogP contribution in [0.25, 0.3) is 10.9 Å². The van der Waals surface area contributed by atoms with Gasteiger partial charge >= 0.3 is 0 Å². The minimum atomic E-state index is -0.133. The molecule has 0 saturated heterocycles. The molecule has 1 amide bonds. The average Bonchev–Trinajstić information content (AvgIpc) is 3.00. The van der Waals surface area contributed by atoms with Gasteiger partial charge in [0.2, 0.25) is 5.91 Å². The first-order chi connectivity index (χ1) is 12.0. The smallest absolute Gasteiger partial charge is 0.258 e. The number of hydrogen-bond acceptors (Lipinski definition) is 6. The predicted octanol–water partition coefficient (Wildman–Crippen LogP) is 2.36. The molecule has 0 unspecified atom stereocenters. The standard InChI is InChI=1S/C17H19N5O2S/c1-3-22(8-12-10-25-17(19-12)18-11(2)23)9-15-20-14-7-5-4-6-13(14)16(24)21-15/h4-7,10H,3,8-9H2,1-2H3,(H,18,19,23)(H,20,21,24). The Morgan fingerprint density at radius 3 is 2.84 bits per heavy atom. The highest BCUT2D eigenvalue weighted by Crippen LogP contribution is 2.17. The number of rotatable bonds is 6. The SMILES string of the molecule is CCN(Cc1csc(NC(C)=O)n1)Cc1nc2ccccc2c(=O)[nH]1. The lowest BCUT2D eigenvalue weighted by molar-refractivity contribution is -0.114. The summed E-state index contributed by atoms with van der Waals surface area (Å²) in [5.74, 6) is 0.494. The minimum Gasteiger partial charge on any atom is -0.309 e. The maximum absolute atomic E-state index is 12.2. The molecule has 0 fully saturated rings. The first-order valence-corrected chi connectivity index (χ1v) is 8.85. The molecule has 2 aromatic heterocycles. The number of thiazole rings is 1. The van der Waals surface area contributed by atoms with Gasteiger partial charge in [0.1, 0.15) is 5.82 Å². The first-order valence-electron chi connectivity index (χ1n) is 7.97. The van der Waals surface area contributed by atoms with Crippen LogP contribution in [0.3, 0.4) is 0 Å². The fourth-order valence-electron chi connectivity index (χ4n) is 2.52. The minimum absolute atomic E-state index is 0.127. The second kappa shape index (κ2) is 7.54. The van der Waals surface area contributed by atoms with Crippen molar-refractivity contribution in [3.05, 3.63) is 51.5 Å². The summed E-state index contributed by atoms with van der Waals surface area (Å²) in [6.45, 7) is 5.41. The fourth-order valence-corrected chi connectivity index (χ4v) is 3.27. The Balaban J connectivity index is 1.75. The van der Waals surface area contributed by atoms with E-state index in [-0.39, 0.29) is 11.5 Å². The van der Waals surface area contributed by atoms with Crippen molar-refractivity contribution in [2.75, 3.05) is 11.9 Å². The zero-order valence-electron chi connectivity index (χ0n) is 14.1. The summed E-state index contributed by atoms with van der Waals surface area (Å²) in [6, 6.07) is 7.30. The summed E-state index contributed by atoms with van der Waals surface area (Å²) in [4.78, 5) is 37.2. The number of hydrogen-bond donors (Lipinski definition) is 2. The van der Waals surface area contributed by atoms with Gasteiger partial charge in [-0.05, 0) is 18.7 Å². The van der Waals surface area contributed by atoms with E-state index in [0.29, 0.717) is 34.9 Å². The maximum atomic E-state index is 12.2. The van der Waals surface area contributed by atoms with Crippen LogP contribution in [-0.4, -0.2) is 32.3 Å². The number of aromatic nitrogens is 3. The van der Waals surface area contributed by atoms with Gasteiger partial charge in [0.15, 0.2) is 5.13 Å². The summed E-state index contributed by atoms with van der Waals surface area (Å²) in [5.41, 5.74) is 1.44. The van der Waals surface area contributed by atoms with E-state index in [2.05, 4.69) is 25.2 Å². The lowest BCUT2D eigenvalue weighted by Gasteiger charge is -2.18. The van der Waals surface area contributed by atoms with Crippen LogP contribution < -0.4 is 10.9 Å². The molecule has 0 aliphatic heterocycles. The molecule has 130 valence electrons. The number of para-hydroxylation sites is 1. The molecule has 0 aliphatic carbocycles. The van der Waals surface area contributed by atoms with Crippen molar-refractivity contribution in [2.24, 2.45) is 0 Å². The van der Waals surface area contributed by atoms with E-state index >= 15 is 0 Å². The second-order valence-corrected chi connectivity index (χ2v) is 6.52. The van der Waals surface area contributed by atoms with Gasteiger partial charge in [0.05, 0.1) is 23.1 Å². The molecule has 1 aromatic carbocycles. The number of nitrogens with zero attached hydrogens (tertiary/aromatic N) is 3. The van der Waals surface area contributed by atoms with Crippen molar-refractivity contribution in [1.29, 1.82) is 0 Å². The van der Waals surface area contributed by atoms with Gasteiger partial charge in [0.25, 0.3) is 5.56 Å². The molecule has 0 saturated carbocycles. The zero-order valence-corrected chi connectivity index (χ0v) is 14.9. The van der Waals surface area contributed by atoms with Gasteiger partial charge in [-0.3, -0.25) is 14.5 Å². The first kappa shape index (κ1) is 17.2. The van der Waals surface area contributed by atoms with Crippen LogP contribution in [0.2, 0.25) is 0 Å². The molecule has 0 radical (unpaired) electrons. The van der Waals surface area contributed by atoms with E-state index in [4.69, 9.17) is 0 Å². The van der Waals surface area contributed by atoms with Crippen molar-refractivity contribution in [1.82, 2.24) is 19.9 Å². The monoisotopic (exact) mass is 357 g/mol. The third kappa shape index (κ3) is 4.28. The number of H-pyrrole nitrogens is 1. The van der Waals surface area contributed by atoms with Crippen LogP contribution in [0.4, 0.5) is 5.13 Å². The van der Waals surface area contributed by atoms with Gasteiger partial charge in [0, 0.05) is 18.8 Å². The summed E-state index contributed by atoms with van der Waals surface area (Å²) in [5, 5.41) is 5.79. The van der Waals surface area contributed by atoms with Crippen LogP contribution in [0.5, 0.6) is 0 Å². The maximum Gasteiger partial charge on any atom is 0.258 e. The van der Waals surface area contributed by atoms with Crippen LogP contribution in [0.1, 0.15) is 25.4 Å². The summed E-state index contributed by atoms with van der Waals surface area (Å²) in [6.07, 6.45) is 0. The van der Waals surface area contributed by atoms with Crippen molar-refractivity contribution < 1.29 is 4.79 Å². The fraction of sp³-hybridized carbons (Fsp3) is 0.294. The van der Waals surface area contributed by atoms with Crippen molar-refractivity contribution >= 4 is 33.3 Å². The third-order valence-corrected chi connectivity index (χ3v) is 4.51. The van der Waals surface area contributed by atoms with Crippen molar-refractivity contribution in [3.8, 4) is 0 Å². The molecule has 0 aliphatic rings. The Labute approximate surface area is 148 Å². The summed E-state index contributed by atoms with van der Waals surface area (Å²) >= 11 is 1.40. The number of fused-ring (bicyclic) bond motifs is 1. The van der Waals surface area contributed by atoms with Crippen LogP contribution in [-0.2, 0) is 17.9 Å². The Morgan fingerprint density at radius 2 is 2.08 bits per heavy atom. The molecule has 2 heterocycles. The van der Waals surface area contributed by atoms with E-state index < -0.39 is 0 Å². The number of amides is 1. The van der Waals surface area contributed by atoms with E-state index in [9.17, 15) is 9.59 Å². The van der Waals surface area contributed by atoms with Gasteiger partial charge in [-0.15, -0.1) is 11.3 Å². The molecule has 3 aromatic rings. The highest BCUT2D eigenvalue weighted by molar-refractivity contribution is 7.13. The Hall–Kier alpha value is -2.58. The molecule has 2 N–H and O–H groups in total. The van der Waals surface area contributed by atoms with Crippen LogP contribution in [0, 0.1) is 0 Å². The molecule has 0 atom stereocenters. The number of carbonyl (C=O) groups is 1. The molecule has 0 spiro atoms. The lowest BCUT2D eigenvalue weighted by Crippen LogP contribution is -2.25. The lowest BCUT2D eigenvalue weighted by atomic mass is 10.2. The third-order valence-electron chi connectivity index (χ3n) is 3.70. The Kier molecular flexibility index (Phi) is 5.20. The van der Waals surface area contributed by atoms with Gasteiger partial charge in [-0.2, -0.15) is 0 Å². The number of carbonyl (C=O) groups excluding carboxylic acids is 1. The Bertz CT molecular complexity index is 949. The van der Waals surface area contributed by atoms with Crippen molar-refractivity contribution in [2.45, 2.75) is 26.9 Å². The van der Waals surface area contributed by atoms with Gasteiger partial charge in [-0.25, -0.2) is 9.97 Å². The Morgan fingerprint density at radius 1 is 1.28 bits per heavy atom. The zero-order chi connectivity index (χ0) is 17.8. The largest absolute Gasteiger partial charge is 0.309 e. The quantitative estimate of drug-likeness (QED) is 0.707.